The minimum Gasteiger partial charge on any atom is -0.497 e. The zero-order valence-electron chi connectivity index (χ0n) is 18.4. The summed E-state index contributed by atoms with van der Waals surface area (Å²) >= 11 is 0.805. The minimum absolute atomic E-state index is 0.0152. The van der Waals surface area contributed by atoms with Crippen LogP contribution >= 0.6 is 11.3 Å². The number of benzene rings is 3. The van der Waals surface area contributed by atoms with Crippen molar-refractivity contribution in [2.24, 2.45) is 0 Å². The van der Waals surface area contributed by atoms with Gasteiger partial charge < -0.3 is 18.3 Å². The number of hydrogen-bond acceptors (Lipinski definition) is 9. The van der Waals surface area contributed by atoms with Crippen molar-refractivity contribution in [2.75, 3.05) is 18.5 Å². The van der Waals surface area contributed by atoms with Crippen LogP contribution in [0.25, 0.3) is 21.1 Å². The molecule has 0 radical (unpaired) electrons. The Bertz CT molecular complexity index is 1730. The van der Waals surface area contributed by atoms with Crippen molar-refractivity contribution in [1.82, 2.24) is 0 Å². The van der Waals surface area contributed by atoms with Crippen LogP contribution in [0.3, 0.4) is 0 Å². The summed E-state index contributed by atoms with van der Waals surface area (Å²) in [5.74, 6) is -0.857. The molecule has 0 atom stereocenters. The average molecular weight is 512 g/mol. The van der Waals surface area contributed by atoms with Crippen LogP contribution in [0.15, 0.2) is 85.5 Å². The summed E-state index contributed by atoms with van der Waals surface area (Å²) in [6, 6.07) is 15.3. The van der Waals surface area contributed by atoms with E-state index in [4.69, 9.17) is 18.3 Å². The van der Waals surface area contributed by atoms with Gasteiger partial charge in [-0.05, 0) is 30.3 Å². The van der Waals surface area contributed by atoms with Gasteiger partial charge in [0, 0.05) is 16.8 Å². The molecule has 0 N–H and O–H groups in total. The van der Waals surface area contributed by atoms with Crippen LogP contribution < -0.4 is 18.7 Å². The Labute approximate surface area is 202 Å². The summed E-state index contributed by atoms with van der Waals surface area (Å²) in [4.78, 5) is 24.8. The second-order valence-corrected chi connectivity index (χ2v) is 10.0. The Balaban J connectivity index is 1.86. The molecule has 0 fully saturated rings. The number of anilines is 1. The molecule has 0 aliphatic carbocycles. The second-order valence-electron chi connectivity index (χ2n) is 7.29. The number of nitrogens with zero attached hydrogens (tertiary/aromatic N) is 1. The first kappa shape index (κ1) is 22.7. The van der Waals surface area contributed by atoms with Crippen molar-refractivity contribution < 1.29 is 31.5 Å². The van der Waals surface area contributed by atoms with Crippen molar-refractivity contribution in [2.45, 2.75) is 4.90 Å². The van der Waals surface area contributed by atoms with Gasteiger partial charge in [-0.1, -0.05) is 35.6 Å². The first-order valence-corrected chi connectivity index (χ1v) is 12.4. The van der Waals surface area contributed by atoms with E-state index < -0.39 is 20.9 Å². The lowest BCUT2D eigenvalue weighted by Crippen LogP contribution is -2.37. The molecule has 5 aromatic rings. The van der Waals surface area contributed by atoms with Crippen LogP contribution in [0.1, 0.15) is 10.6 Å². The Kier molecular flexibility index (Phi) is 5.58. The molecule has 1 amide bonds. The zero-order chi connectivity index (χ0) is 24.7. The molecule has 3 aromatic carbocycles. The van der Waals surface area contributed by atoms with Gasteiger partial charge in [0.2, 0.25) is 0 Å². The predicted molar refractivity (Wildman–Crippen MR) is 130 cm³/mol. The van der Waals surface area contributed by atoms with Crippen LogP contribution in [-0.2, 0) is 10.0 Å². The molecule has 0 spiro atoms. The van der Waals surface area contributed by atoms with Crippen LogP contribution in [0.2, 0.25) is 0 Å². The lowest BCUT2D eigenvalue weighted by Gasteiger charge is -2.24. The van der Waals surface area contributed by atoms with E-state index in [9.17, 15) is 18.0 Å². The Morgan fingerprint density at radius 1 is 0.971 bits per heavy atom. The third-order valence-corrected chi connectivity index (χ3v) is 7.83. The molecule has 5 rings (SSSR count). The number of carbonyl (C=O) groups is 1. The monoisotopic (exact) mass is 511 g/mol. The quantitative estimate of drug-likeness (QED) is 0.323. The van der Waals surface area contributed by atoms with E-state index in [2.05, 4.69) is 0 Å². The van der Waals surface area contributed by atoms with Crippen molar-refractivity contribution >= 4 is 54.0 Å². The van der Waals surface area contributed by atoms with E-state index in [0.717, 1.165) is 11.3 Å². The van der Waals surface area contributed by atoms with Gasteiger partial charge in [0.05, 0.1) is 30.9 Å². The lowest BCUT2D eigenvalue weighted by molar-refractivity contribution is 0.0979. The fourth-order valence-electron chi connectivity index (χ4n) is 3.78. The maximum atomic E-state index is 14.1. The molecule has 0 unspecified atom stereocenters. The van der Waals surface area contributed by atoms with Crippen LogP contribution in [0.4, 0.5) is 5.69 Å². The third kappa shape index (κ3) is 3.74. The maximum absolute atomic E-state index is 14.1. The minimum atomic E-state index is -4.59. The topological polar surface area (TPSA) is 116 Å². The molecule has 2 aromatic heterocycles. The van der Waals surface area contributed by atoms with E-state index in [-0.39, 0.29) is 27.8 Å². The fourth-order valence-corrected chi connectivity index (χ4v) is 6.09. The SMILES string of the molecule is COc1ccc(OC)c(S(=O)(=O)N(C(=O)c2ccco2)c2cc3sc(=O)oc3c3ccccc23)c1. The molecule has 11 heteroatoms. The molecule has 0 saturated heterocycles. The van der Waals surface area contributed by atoms with E-state index >= 15 is 0 Å². The highest BCUT2D eigenvalue weighted by atomic mass is 32.2. The first-order chi connectivity index (χ1) is 16.8. The molecule has 0 aliphatic rings. The maximum Gasteiger partial charge on any atom is 0.396 e. The Hall–Kier alpha value is -4.09. The van der Waals surface area contributed by atoms with Gasteiger partial charge in [0.1, 0.15) is 16.4 Å². The number of hydrogen-bond donors (Lipinski definition) is 0. The lowest BCUT2D eigenvalue weighted by atomic mass is 10.1. The third-order valence-electron chi connectivity index (χ3n) is 5.34. The molecule has 0 saturated carbocycles. The number of fused-ring (bicyclic) bond motifs is 3. The molecule has 0 bridgehead atoms. The zero-order valence-corrected chi connectivity index (χ0v) is 20.0. The largest absolute Gasteiger partial charge is 0.497 e. The van der Waals surface area contributed by atoms with E-state index in [1.807, 2.05) is 0 Å². The smallest absolute Gasteiger partial charge is 0.396 e. The summed E-state index contributed by atoms with van der Waals surface area (Å²) in [6.07, 6.45) is 1.27. The van der Waals surface area contributed by atoms with Crippen molar-refractivity contribution in [3.8, 4) is 11.5 Å². The summed E-state index contributed by atoms with van der Waals surface area (Å²) < 4.78 is 50.4. The van der Waals surface area contributed by atoms with Gasteiger partial charge in [-0.25, -0.2) is 13.2 Å². The van der Waals surface area contributed by atoms with Gasteiger partial charge in [-0.3, -0.25) is 4.79 Å². The Morgan fingerprint density at radius 2 is 1.74 bits per heavy atom. The number of sulfonamides is 1. The summed E-state index contributed by atoms with van der Waals surface area (Å²) in [5, 5.41) is 0.857. The molecule has 178 valence electrons. The highest BCUT2D eigenvalue weighted by Gasteiger charge is 2.37. The van der Waals surface area contributed by atoms with Crippen LogP contribution in [0, 0.1) is 0 Å². The summed E-state index contributed by atoms with van der Waals surface area (Å²) in [6.45, 7) is 0. The van der Waals surface area contributed by atoms with Gasteiger partial charge >= 0.3 is 10.8 Å². The average Bonchev–Trinajstić information content (AvgIpc) is 3.53. The van der Waals surface area contributed by atoms with Gasteiger partial charge in [-0.15, -0.1) is 0 Å². The highest BCUT2D eigenvalue weighted by molar-refractivity contribution is 7.93. The number of methoxy groups -OCH3 is 2. The second kappa shape index (κ2) is 8.60. The molecular weight excluding hydrogens is 494 g/mol. The van der Waals surface area contributed by atoms with Crippen molar-refractivity contribution in [1.29, 1.82) is 0 Å². The summed E-state index contributed by atoms with van der Waals surface area (Å²) in [5.41, 5.74) is 0.331. The van der Waals surface area contributed by atoms with Crippen LogP contribution in [0.5, 0.6) is 11.5 Å². The van der Waals surface area contributed by atoms with E-state index in [1.165, 1.54) is 50.8 Å². The number of carbonyl (C=O) groups excluding carboxylic acids is 1. The number of furan rings is 1. The number of rotatable bonds is 6. The van der Waals surface area contributed by atoms with Crippen molar-refractivity contribution in [3.05, 3.63) is 82.4 Å². The fraction of sp³-hybridized carbons (Fsp3) is 0.0833. The first-order valence-electron chi connectivity index (χ1n) is 10.2. The van der Waals surface area contributed by atoms with Gasteiger partial charge in [-0.2, -0.15) is 4.31 Å². The van der Waals surface area contributed by atoms with Crippen LogP contribution in [-0.4, -0.2) is 28.5 Å². The standard InChI is InChI=1S/C24H17NO8S2/c1-30-14-9-10-18(31-2)21(12-14)35(28,29)25(23(26)19-8-5-11-32-19)17-13-20-22(33-24(27)34-20)16-7-4-3-6-15(16)17/h3-13H,1-2H3. The highest BCUT2D eigenvalue weighted by Crippen LogP contribution is 2.40. The van der Waals surface area contributed by atoms with Gasteiger partial charge in [0.15, 0.2) is 11.3 Å². The molecule has 35 heavy (non-hydrogen) atoms. The van der Waals surface area contributed by atoms with E-state index in [1.54, 1.807) is 30.3 Å². The van der Waals surface area contributed by atoms with Crippen molar-refractivity contribution in [3.63, 3.8) is 0 Å². The summed E-state index contributed by atoms with van der Waals surface area (Å²) in [7, 11) is -1.87. The predicted octanol–water partition coefficient (Wildman–Crippen LogP) is 4.65. The number of ether oxygens (including phenoxy) is 2. The number of amides is 1. The Morgan fingerprint density at radius 3 is 2.43 bits per heavy atom. The molecule has 0 aliphatic heterocycles. The molecule has 2 heterocycles. The molecule has 9 nitrogen and oxygen atoms in total. The van der Waals surface area contributed by atoms with E-state index in [0.29, 0.717) is 25.4 Å². The normalized spacial score (nSPS) is 11.6. The molecular formula is C24H17NO8S2. The van der Waals surface area contributed by atoms with Gasteiger partial charge in [0.25, 0.3) is 10.0 Å².